The van der Waals surface area contributed by atoms with Gasteiger partial charge in [0, 0.05) is 12.2 Å². The summed E-state index contributed by atoms with van der Waals surface area (Å²) in [6.45, 7) is 3.68. The highest BCUT2D eigenvalue weighted by Gasteiger charge is 2.01. The number of carbonyl (C=O) groups is 1. The van der Waals surface area contributed by atoms with Crippen molar-refractivity contribution in [2.24, 2.45) is 0 Å². The minimum atomic E-state index is 0.0165. The number of hydrogen-bond donors (Lipinski definition) is 2. The van der Waals surface area contributed by atoms with Crippen molar-refractivity contribution in [1.82, 2.24) is 5.32 Å². The van der Waals surface area contributed by atoms with Crippen molar-refractivity contribution in [1.29, 1.82) is 0 Å². The van der Waals surface area contributed by atoms with Gasteiger partial charge in [0.15, 0.2) is 0 Å². The Morgan fingerprint density at radius 2 is 1.78 bits per heavy atom. The predicted molar refractivity (Wildman–Crippen MR) is 93.6 cm³/mol. The summed E-state index contributed by atoms with van der Waals surface area (Å²) in [5.41, 5.74) is 2.04. The Kier molecular flexibility index (Phi) is 6.98. The summed E-state index contributed by atoms with van der Waals surface area (Å²) in [6, 6.07) is 17.7. The van der Waals surface area contributed by atoms with Crippen molar-refractivity contribution in [2.45, 2.75) is 26.4 Å². The van der Waals surface area contributed by atoms with E-state index in [0.717, 1.165) is 36.4 Å². The van der Waals surface area contributed by atoms with Gasteiger partial charge in [-0.25, -0.2) is 0 Å². The minimum Gasteiger partial charge on any atom is -0.489 e. The van der Waals surface area contributed by atoms with Gasteiger partial charge in [0.2, 0.25) is 5.91 Å². The molecule has 0 spiro atoms. The van der Waals surface area contributed by atoms with Crippen LogP contribution in [0.15, 0.2) is 54.6 Å². The fourth-order valence-corrected chi connectivity index (χ4v) is 2.06. The first kappa shape index (κ1) is 16.9. The molecule has 0 fully saturated rings. The van der Waals surface area contributed by atoms with Gasteiger partial charge in [0.05, 0.1) is 6.54 Å². The Balaban J connectivity index is 1.72. The highest BCUT2D eigenvalue weighted by molar-refractivity contribution is 5.80. The zero-order valence-electron chi connectivity index (χ0n) is 13.5. The van der Waals surface area contributed by atoms with E-state index in [4.69, 9.17) is 4.74 Å². The average molecular weight is 312 g/mol. The molecule has 0 atom stereocenters. The van der Waals surface area contributed by atoms with Crippen LogP contribution >= 0.6 is 0 Å². The lowest BCUT2D eigenvalue weighted by molar-refractivity contribution is -0.119. The first-order chi connectivity index (χ1) is 11.3. The standard InChI is InChI=1S/C19H24N2O2/c1-2-3-13-20-19(22)14-21-17-9-11-18(12-10-17)23-15-16-7-5-4-6-8-16/h4-12,21H,2-3,13-15H2,1H3,(H,20,22). The van der Waals surface area contributed by atoms with Gasteiger partial charge >= 0.3 is 0 Å². The number of nitrogens with one attached hydrogen (secondary N) is 2. The lowest BCUT2D eigenvalue weighted by Crippen LogP contribution is -2.30. The van der Waals surface area contributed by atoms with Crippen LogP contribution in [0.5, 0.6) is 5.75 Å². The number of unbranched alkanes of at least 4 members (excludes halogenated alkanes) is 1. The second-order valence-electron chi connectivity index (χ2n) is 5.36. The minimum absolute atomic E-state index is 0.0165. The maximum absolute atomic E-state index is 11.6. The topological polar surface area (TPSA) is 50.4 Å². The van der Waals surface area contributed by atoms with Crippen LogP contribution in [0, 0.1) is 0 Å². The van der Waals surface area contributed by atoms with Gasteiger partial charge in [-0.3, -0.25) is 4.79 Å². The lowest BCUT2D eigenvalue weighted by Gasteiger charge is -2.09. The van der Waals surface area contributed by atoms with E-state index in [1.165, 1.54) is 0 Å². The molecule has 122 valence electrons. The molecule has 0 unspecified atom stereocenters. The Morgan fingerprint density at radius 3 is 2.48 bits per heavy atom. The highest BCUT2D eigenvalue weighted by atomic mass is 16.5. The third-order valence-electron chi connectivity index (χ3n) is 3.41. The number of ether oxygens (including phenoxy) is 1. The Morgan fingerprint density at radius 1 is 1.04 bits per heavy atom. The van der Waals surface area contributed by atoms with E-state index in [2.05, 4.69) is 17.6 Å². The van der Waals surface area contributed by atoms with Crippen molar-refractivity contribution in [2.75, 3.05) is 18.4 Å². The largest absolute Gasteiger partial charge is 0.489 e. The molecule has 2 rings (SSSR count). The van der Waals surface area contributed by atoms with E-state index >= 15 is 0 Å². The third kappa shape index (κ3) is 6.43. The molecule has 4 nitrogen and oxygen atoms in total. The van der Waals surface area contributed by atoms with Crippen LogP contribution in [-0.4, -0.2) is 19.0 Å². The van der Waals surface area contributed by atoms with Crippen molar-refractivity contribution in [3.8, 4) is 5.75 Å². The van der Waals surface area contributed by atoms with Crippen LogP contribution in [0.4, 0.5) is 5.69 Å². The van der Waals surface area contributed by atoms with Gasteiger partial charge in [0.25, 0.3) is 0 Å². The van der Waals surface area contributed by atoms with Gasteiger partial charge in [-0.2, -0.15) is 0 Å². The Labute approximate surface area is 137 Å². The quantitative estimate of drug-likeness (QED) is 0.696. The maximum Gasteiger partial charge on any atom is 0.239 e. The molecule has 0 aliphatic heterocycles. The Hall–Kier alpha value is -2.49. The molecule has 0 saturated heterocycles. The second kappa shape index (κ2) is 9.51. The summed E-state index contributed by atoms with van der Waals surface area (Å²) in [6.07, 6.45) is 2.09. The van der Waals surface area contributed by atoms with E-state index in [1.54, 1.807) is 0 Å². The summed E-state index contributed by atoms with van der Waals surface area (Å²) >= 11 is 0. The second-order valence-corrected chi connectivity index (χ2v) is 5.36. The normalized spacial score (nSPS) is 10.1. The van der Waals surface area contributed by atoms with Crippen LogP contribution in [0.25, 0.3) is 0 Å². The molecular weight excluding hydrogens is 288 g/mol. The molecule has 0 radical (unpaired) electrons. The highest BCUT2D eigenvalue weighted by Crippen LogP contribution is 2.16. The van der Waals surface area contributed by atoms with Gasteiger partial charge in [-0.05, 0) is 36.2 Å². The Bertz CT molecular complexity index is 582. The van der Waals surface area contributed by atoms with Crippen molar-refractivity contribution in [3.63, 3.8) is 0 Å². The van der Waals surface area contributed by atoms with Gasteiger partial charge < -0.3 is 15.4 Å². The molecule has 2 aromatic carbocycles. The summed E-state index contributed by atoms with van der Waals surface area (Å²) in [7, 11) is 0. The first-order valence-electron chi connectivity index (χ1n) is 8.05. The first-order valence-corrected chi connectivity index (χ1v) is 8.05. The van der Waals surface area contributed by atoms with E-state index in [9.17, 15) is 4.79 Å². The molecule has 1 amide bonds. The van der Waals surface area contributed by atoms with Gasteiger partial charge in [-0.15, -0.1) is 0 Å². The van der Waals surface area contributed by atoms with E-state index in [-0.39, 0.29) is 12.5 Å². The zero-order valence-corrected chi connectivity index (χ0v) is 13.5. The molecule has 2 N–H and O–H groups in total. The predicted octanol–water partition coefficient (Wildman–Crippen LogP) is 3.59. The number of amides is 1. The number of hydrogen-bond acceptors (Lipinski definition) is 3. The summed E-state index contributed by atoms with van der Waals surface area (Å²) < 4.78 is 5.73. The van der Waals surface area contributed by atoms with Crippen LogP contribution in [0.3, 0.4) is 0 Å². The van der Waals surface area contributed by atoms with Gasteiger partial charge in [-0.1, -0.05) is 43.7 Å². The van der Waals surface area contributed by atoms with Crippen molar-refractivity contribution in [3.05, 3.63) is 60.2 Å². The molecule has 0 heterocycles. The molecule has 0 aliphatic carbocycles. The molecule has 0 aromatic heterocycles. The molecule has 2 aromatic rings. The fraction of sp³-hybridized carbons (Fsp3) is 0.316. The number of benzene rings is 2. The third-order valence-corrected chi connectivity index (χ3v) is 3.41. The smallest absolute Gasteiger partial charge is 0.239 e. The molecule has 0 bridgehead atoms. The molecule has 4 heteroatoms. The monoisotopic (exact) mass is 312 g/mol. The molecular formula is C19H24N2O2. The van der Waals surface area contributed by atoms with Crippen LogP contribution < -0.4 is 15.4 Å². The van der Waals surface area contributed by atoms with E-state index in [1.807, 2.05) is 54.6 Å². The number of carbonyl (C=O) groups excluding carboxylic acids is 1. The number of rotatable bonds is 9. The van der Waals surface area contributed by atoms with Crippen LogP contribution in [0.1, 0.15) is 25.3 Å². The zero-order chi connectivity index (χ0) is 16.3. The summed E-state index contributed by atoms with van der Waals surface area (Å²) in [4.78, 5) is 11.6. The van der Waals surface area contributed by atoms with Crippen LogP contribution in [-0.2, 0) is 11.4 Å². The SMILES string of the molecule is CCCCNC(=O)CNc1ccc(OCc2ccccc2)cc1. The molecule has 0 aliphatic rings. The average Bonchev–Trinajstić information content (AvgIpc) is 2.60. The lowest BCUT2D eigenvalue weighted by atomic mass is 10.2. The van der Waals surface area contributed by atoms with Crippen molar-refractivity contribution < 1.29 is 9.53 Å². The van der Waals surface area contributed by atoms with Crippen molar-refractivity contribution >= 4 is 11.6 Å². The fourth-order valence-electron chi connectivity index (χ4n) is 2.06. The summed E-state index contributed by atoms with van der Waals surface area (Å²) in [5, 5.41) is 5.98. The molecule has 23 heavy (non-hydrogen) atoms. The summed E-state index contributed by atoms with van der Waals surface area (Å²) in [5.74, 6) is 0.828. The van der Waals surface area contributed by atoms with E-state index in [0.29, 0.717) is 6.61 Å². The number of anilines is 1. The maximum atomic E-state index is 11.6. The van der Waals surface area contributed by atoms with Crippen LogP contribution in [0.2, 0.25) is 0 Å². The van der Waals surface area contributed by atoms with Gasteiger partial charge in [0.1, 0.15) is 12.4 Å². The van der Waals surface area contributed by atoms with E-state index < -0.39 is 0 Å². The molecule has 0 saturated carbocycles.